The molecule has 42 heavy (non-hydrogen) atoms. The molecule has 3 saturated carbocycles. The second-order valence-electron chi connectivity index (χ2n) is 13.4. The maximum absolute atomic E-state index is 11.3. The monoisotopic (exact) mass is 582 g/mol. The smallest absolute Gasteiger partial charge is 0.305 e. The van der Waals surface area contributed by atoms with Gasteiger partial charge in [0.25, 0.3) is 0 Å². The fourth-order valence-electron chi connectivity index (χ4n) is 7.63. The normalized spacial score (nSPS) is 33.6. The van der Waals surface area contributed by atoms with Crippen LogP contribution >= 0.6 is 0 Å². The van der Waals surface area contributed by atoms with Gasteiger partial charge in [-0.25, -0.2) is 0 Å². The van der Waals surface area contributed by atoms with E-state index < -0.39 is 0 Å². The van der Waals surface area contributed by atoms with Gasteiger partial charge in [-0.3, -0.25) is 14.4 Å². The van der Waals surface area contributed by atoms with Gasteiger partial charge in [0.05, 0.1) is 19.8 Å². The first-order chi connectivity index (χ1) is 20.4. The molecule has 6 rings (SSSR count). The highest BCUT2D eigenvalue weighted by Gasteiger charge is 2.37. The molecule has 0 amide bonds. The largest absolute Gasteiger partial charge is 0.465 e. The number of carbonyl (C=O) groups excluding carboxylic acids is 3. The minimum atomic E-state index is -0.0632. The van der Waals surface area contributed by atoms with E-state index in [1.165, 1.54) is 38.5 Å². The molecule has 0 aromatic rings. The molecule has 0 aliphatic heterocycles. The summed E-state index contributed by atoms with van der Waals surface area (Å²) in [6.45, 7) is 7.86. The summed E-state index contributed by atoms with van der Waals surface area (Å²) in [5.74, 6) is 6.09. The minimum Gasteiger partial charge on any atom is -0.465 e. The average molecular weight is 583 g/mol. The van der Waals surface area contributed by atoms with Crippen molar-refractivity contribution >= 4 is 17.9 Å². The van der Waals surface area contributed by atoms with Crippen LogP contribution in [0.5, 0.6) is 0 Å². The molecular weight excluding hydrogens is 528 g/mol. The molecule has 0 heterocycles. The summed E-state index contributed by atoms with van der Waals surface area (Å²) in [6.07, 6.45) is 25.9. The lowest BCUT2D eigenvalue weighted by molar-refractivity contribution is -0.146. The van der Waals surface area contributed by atoms with E-state index in [0.717, 1.165) is 37.0 Å². The Labute approximate surface area is 253 Å². The Balaban J connectivity index is 0.000000145. The first kappa shape index (κ1) is 32.5. The molecule has 0 saturated heterocycles. The molecule has 0 aromatic heterocycles. The van der Waals surface area contributed by atoms with Crippen LogP contribution in [-0.4, -0.2) is 37.7 Å². The number of allylic oxidation sites excluding steroid dienone is 6. The van der Waals surface area contributed by atoms with Gasteiger partial charge in [0, 0.05) is 19.3 Å². The number of carbonyl (C=O) groups is 3. The molecule has 0 radical (unpaired) electrons. The Morgan fingerprint density at radius 3 is 1.24 bits per heavy atom. The first-order valence-electron chi connectivity index (χ1n) is 16.9. The third-order valence-electron chi connectivity index (χ3n) is 10.1. The number of unbranched alkanes of at least 4 members (excludes halogenated alkanes) is 1. The zero-order valence-electron chi connectivity index (χ0n) is 26.2. The molecule has 6 bridgehead atoms. The van der Waals surface area contributed by atoms with Gasteiger partial charge in [-0.15, -0.1) is 0 Å². The predicted octanol–water partition coefficient (Wildman–Crippen LogP) is 7.63. The van der Waals surface area contributed by atoms with Crippen LogP contribution in [-0.2, 0) is 28.6 Å². The molecule has 6 heteroatoms. The van der Waals surface area contributed by atoms with E-state index in [2.05, 4.69) is 43.4 Å². The molecule has 6 nitrogen and oxygen atoms in total. The van der Waals surface area contributed by atoms with Crippen molar-refractivity contribution in [1.29, 1.82) is 0 Å². The molecule has 234 valence electrons. The fourth-order valence-corrected chi connectivity index (χ4v) is 7.63. The van der Waals surface area contributed by atoms with Crippen molar-refractivity contribution in [3.63, 3.8) is 0 Å². The summed E-state index contributed by atoms with van der Waals surface area (Å²) in [7, 11) is 0. The van der Waals surface area contributed by atoms with E-state index in [-0.39, 0.29) is 17.9 Å². The van der Waals surface area contributed by atoms with E-state index in [9.17, 15) is 14.4 Å². The molecule has 3 fully saturated rings. The van der Waals surface area contributed by atoms with Crippen molar-refractivity contribution in [3.8, 4) is 0 Å². The van der Waals surface area contributed by atoms with Gasteiger partial charge >= 0.3 is 17.9 Å². The Hall–Kier alpha value is -2.37. The quantitative estimate of drug-likeness (QED) is 0.134. The molecule has 6 aliphatic rings. The molecule has 0 N–H and O–H groups in total. The van der Waals surface area contributed by atoms with Crippen molar-refractivity contribution in [2.45, 2.75) is 97.8 Å². The highest BCUT2D eigenvalue weighted by atomic mass is 16.5. The molecule has 6 aliphatic carbocycles. The Kier molecular flexibility index (Phi) is 12.8. The van der Waals surface area contributed by atoms with Gasteiger partial charge in [-0.05, 0) is 105 Å². The van der Waals surface area contributed by atoms with Crippen LogP contribution in [0.3, 0.4) is 0 Å². The summed E-state index contributed by atoms with van der Waals surface area (Å²) < 4.78 is 15.7. The van der Waals surface area contributed by atoms with Gasteiger partial charge in [0.2, 0.25) is 0 Å². The van der Waals surface area contributed by atoms with Gasteiger partial charge < -0.3 is 14.2 Å². The summed E-state index contributed by atoms with van der Waals surface area (Å²) in [6, 6.07) is 0. The highest BCUT2D eigenvalue weighted by molar-refractivity contribution is 5.69. The number of esters is 3. The van der Waals surface area contributed by atoms with Gasteiger partial charge in [0.15, 0.2) is 0 Å². The van der Waals surface area contributed by atoms with E-state index in [1.54, 1.807) is 0 Å². The average Bonchev–Trinajstić information content (AvgIpc) is 3.86. The lowest BCUT2D eigenvalue weighted by atomic mass is 9.95. The maximum atomic E-state index is 11.3. The van der Waals surface area contributed by atoms with E-state index in [0.29, 0.717) is 74.6 Å². The molecule has 0 aromatic carbocycles. The summed E-state index contributed by atoms with van der Waals surface area (Å²) in [5, 5.41) is 0. The topological polar surface area (TPSA) is 78.9 Å². The summed E-state index contributed by atoms with van der Waals surface area (Å²) in [4.78, 5) is 33.4. The Morgan fingerprint density at radius 2 is 0.929 bits per heavy atom. The lowest BCUT2D eigenvalue weighted by Gasteiger charge is -2.17. The second-order valence-corrected chi connectivity index (χ2v) is 13.4. The van der Waals surface area contributed by atoms with Crippen molar-refractivity contribution < 1.29 is 28.6 Å². The van der Waals surface area contributed by atoms with Crippen LogP contribution in [0.25, 0.3) is 0 Å². The highest BCUT2D eigenvalue weighted by Crippen LogP contribution is 2.45. The number of rotatable bonds is 12. The van der Waals surface area contributed by atoms with Gasteiger partial charge in [0.1, 0.15) is 0 Å². The van der Waals surface area contributed by atoms with Crippen LogP contribution in [0.4, 0.5) is 0 Å². The molecule has 9 unspecified atom stereocenters. The Morgan fingerprint density at radius 1 is 0.524 bits per heavy atom. The number of ether oxygens (including phenoxy) is 3. The van der Waals surface area contributed by atoms with Crippen LogP contribution < -0.4 is 0 Å². The van der Waals surface area contributed by atoms with Crippen LogP contribution in [0, 0.1) is 53.3 Å². The third-order valence-corrected chi connectivity index (χ3v) is 10.1. The van der Waals surface area contributed by atoms with Crippen LogP contribution in [0.1, 0.15) is 97.8 Å². The van der Waals surface area contributed by atoms with Crippen molar-refractivity contribution in [3.05, 3.63) is 36.5 Å². The predicted molar refractivity (Wildman–Crippen MR) is 164 cm³/mol. The number of hydrogen-bond acceptors (Lipinski definition) is 6. The summed E-state index contributed by atoms with van der Waals surface area (Å²) >= 11 is 0. The number of fused-ring (bicyclic) bond motifs is 6. The van der Waals surface area contributed by atoms with E-state index in [4.69, 9.17) is 14.2 Å². The lowest BCUT2D eigenvalue weighted by Crippen LogP contribution is -2.17. The van der Waals surface area contributed by atoms with Crippen molar-refractivity contribution in [2.75, 3.05) is 19.8 Å². The van der Waals surface area contributed by atoms with Crippen LogP contribution in [0.2, 0.25) is 0 Å². The zero-order chi connectivity index (χ0) is 29.9. The van der Waals surface area contributed by atoms with Crippen LogP contribution in [0.15, 0.2) is 36.5 Å². The zero-order valence-corrected chi connectivity index (χ0v) is 26.2. The fraction of sp³-hybridized carbons (Fsp3) is 0.750. The van der Waals surface area contributed by atoms with Crippen molar-refractivity contribution in [1.82, 2.24) is 0 Å². The van der Waals surface area contributed by atoms with E-state index >= 15 is 0 Å². The molecular formula is C36H54O6. The minimum absolute atomic E-state index is 0.0106. The molecule has 0 spiro atoms. The number of hydrogen-bond donors (Lipinski definition) is 0. The van der Waals surface area contributed by atoms with E-state index in [1.807, 2.05) is 13.8 Å². The molecule has 9 atom stereocenters. The van der Waals surface area contributed by atoms with Crippen molar-refractivity contribution in [2.24, 2.45) is 53.3 Å². The first-order valence-corrected chi connectivity index (χ1v) is 16.9. The standard InChI is InChI=1S/C13H20O2.C12H18O2.C11H16O2/c1-2-3-4-13(14)15-9-12-8-10-5-6-11(12)7-10;1-2-3-12(13)14-8-11-7-9-4-5-10(11)6-9;1-2-11(12)13-7-10-6-8-3-4-9(10)5-8/h5-6,10-12H,2-4,7-9H2,1H3;4-5,9-11H,2-3,6-8H2,1H3;3-4,8-10H,2,5-7H2,1H3. The maximum Gasteiger partial charge on any atom is 0.305 e. The second kappa shape index (κ2) is 16.5. The third kappa shape index (κ3) is 9.57. The SMILES string of the molecule is CCC(=O)OCC1CC2C=CC1C2.CCCC(=O)OCC1CC2C=CC1C2.CCCCC(=O)OCC1CC2C=CC1C2. The summed E-state index contributed by atoms with van der Waals surface area (Å²) in [5.41, 5.74) is 0. The van der Waals surface area contributed by atoms with Gasteiger partial charge in [-0.1, -0.05) is 63.6 Å². The van der Waals surface area contributed by atoms with Gasteiger partial charge in [-0.2, -0.15) is 0 Å². The Bertz CT molecular complexity index is 981.